The van der Waals surface area contributed by atoms with E-state index in [9.17, 15) is 9.18 Å². The first-order chi connectivity index (χ1) is 9.15. The van der Waals surface area contributed by atoms with Gasteiger partial charge < -0.3 is 5.32 Å². The van der Waals surface area contributed by atoms with E-state index in [0.717, 1.165) is 19.5 Å². The first-order valence-electron chi connectivity index (χ1n) is 6.81. The Morgan fingerprint density at radius 2 is 2.32 bits per heavy atom. The molecule has 0 radical (unpaired) electrons. The van der Waals surface area contributed by atoms with Crippen LogP contribution in [0.3, 0.4) is 0 Å². The molecule has 4 heteroatoms. The summed E-state index contributed by atoms with van der Waals surface area (Å²) in [5.41, 5.74) is 0.591. The average molecular weight is 284 g/mol. The first kappa shape index (κ1) is 14.5. The summed E-state index contributed by atoms with van der Waals surface area (Å²) in [5.74, 6) is 0.391. The second-order valence-electron chi connectivity index (χ2n) is 5.20. The van der Waals surface area contributed by atoms with Gasteiger partial charge in [0.15, 0.2) is 0 Å². The summed E-state index contributed by atoms with van der Waals surface area (Å²) < 4.78 is 13.1. The molecule has 0 saturated carbocycles. The Morgan fingerprint density at radius 1 is 1.47 bits per heavy atom. The third-order valence-electron chi connectivity index (χ3n) is 3.63. The van der Waals surface area contributed by atoms with Crippen LogP contribution < -0.4 is 5.32 Å². The lowest BCUT2D eigenvalue weighted by atomic mass is 9.92. The molecule has 0 aromatic heterocycles. The van der Waals surface area contributed by atoms with Crippen LogP contribution >= 0.6 is 11.6 Å². The molecule has 2 nitrogen and oxygen atoms in total. The van der Waals surface area contributed by atoms with Crippen LogP contribution in [0.15, 0.2) is 18.2 Å². The maximum absolute atomic E-state index is 13.1. The first-order valence-corrected chi connectivity index (χ1v) is 7.19. The van der Waals surface area contributed by atoms with Crippen LogP contribution in [0.5, 0.6) is 0 Å². The highest BCUT2D eigenvalue weighted by Gasteiger charge is 2.15. The molecule has 1 atom stereocenters. The number of benzene rings is 1. The van der Waals surface area contributed by atoms with Gasteiger partial charge in [0.05, 0.1) is 0 Å². The standard InChI is InChI=1S/C15H19ClFNO/c16-15-6-4-13(17)8-12(15)9-14(19)5-3-11-2-1-7-18-10-11/h4,6,8,11,18H,1-3,5,7,9-10H2. The molecule has 0 aliphatic carbocycles. The Morgan fingerprint density at radius 3 is 3.05 bits per heavy atom. The SMILES string of the molecule is O=C(CCC1CCCNC1)Cc1cc(F)ccc1Cl. The van der Waals surface area contributed by atoms with Gasteiger partial charge in [-0.05, 0) is 62.0 Å². The number of hydrogen-bond donors (Lipinski definition) is 1. The van der Waals surface area contributed by atoms with Crippen molar-refractivity contribution in [2.75, 3.05) is 13.1 Å². The molecule has 104 valence electrons. The van der Waals surface area contributed by atoms with Gasteiger partial charge in [-0.25, -0.2) is 4.39 Å². The van der Waals surface area contributed by atoms with Gasteiger partial charge in [-0.15, -0.1) is 0 Å². The summed E-state index contributed by atoms with van der Waals surface area (Å²) in [4.78, 5) is 11.9. The summed E-state index contributed by atoms with van der Waals surface area (Å²) in [5, 5.41) is 3.81. The number of carbonyl (C=O) groups is 1. The smallest absolute Gasteiger partial charge is 0.137 e. The van der Waals surface area contributed by atoms with E-state index in [-0.39, 0.29) is 18.0 Å². The molecule has 1 saturated heterocycles. The molecule has 2 rings (SSSR count). The minimum atomic E-state index is -0.344. The lowest BCUT2D eigenvalue weighted by Gasteiger charge is -2.22. The molecule has 0 amide bonds. The lowest BCUT2D eigenvalue weighted by Crippen LogP contribution is -2.30. The fourth-order valence-electron chi connectivity index (χ4n) is 2.52. The summed E-state index contributed by atoms with van der Waals surface area (Å²) in [6, 6.07) is 4.16. The normalized spacial score (nSPS) is 19.4. The topological polar surface area (TPSA) is 29.1 Å². The molecular formula is C15H19ClFNO. The largest absolute Gasteiger partial charge is 0.316 e. The van der Waals surface area contributed by atoms with Crippen molar-refractivity contribution < 1.29 is 9.18 Å². The molecule has 1 heterocycles. The summed E-state index contributed by atoms with van der Waals surface area (Å²) in [6.45, 7) is 2.09. The highest BCUT2D eigenvalue weighted by Crippen LogP contribution is 2.20. The van der Waals surface area contributed by atoms with Crippen molar-refractivity contribution in [3.63, 3.8) is 0 Å². The maximum atomic E-state index is 13.1. The number of Topliss-reactive ketones (excluding diaryl/α,β-unsaturated/α-hetero) is 1. The van der Waals surface area contributed by atoms with Gasteiger partial charge >= 0.3 is 0 Å². The van der Waals surface area contributed by atoms with Crippen molar-refractivity contribution in [2.45, 2.75) is 32.1 Å². The summed E-state index contributed by atoms with van der Waals surface area (Å²) >= 11 is 5.96. The second kappa shape index (κ2) is 7.01. The van der Waals surface area contributed by atoms with Crippen molar-refractivity contribution >= 4 is 17.4 Å². The molecule has 1 aliphatic heterocycles. The van der Waals surface area contributed by atoms with Crippen LogP contribution in [-0.2, 0) is 11.2 Å². The number of halogens is 2. The minimum Gasteiger partial charge on any atom is -0.316 e. The van der Waals surface area contributed by atoms with E-state index in [4.69, 9.17) is 11.6 Å². The molecular weight excluding hydrogens is 265 g/mol. The Labute approximate surface area is 118 Å². The van der Waals surface area contributed by atoms with Crippen LogP contribution in [0.25, 0.3) is 0 Å². The highest BCUT2D eigenvalue weighted by atomic mass is 35.5. The van der Waals surface area contributed by atoms with Crippen molar-refractivity contribution in [2.24, 2.45) is 5.92 Å². The van der Waals surface area contributed by atoms with Gasteiger partial charge in [-0.1, -0.05) is 11.6 Å². The van der Waals surface area contributed by atoms with Gasteiger partial charge in [0, 0.05) is 17.9 Å². The average Bonchev–Trinajstić information content (AvgIpc) is 2.42. The van der Waals surface area contributed by atoms with Crippen molar-refractivity contribution in [3.05, 3.63) is 34.6 Å². The van der Waals surface area contributed by atoms with Crippen LogP contribution in [-0.4, -0.2) is 18.9 Å². The fraction of sp³-hybridized carbons (Fsp3) is 0.533. The number of rotatable bonds is 5. The van der Waals surface area contributed by atoms with Crippen molar-refractivity contribution in [1.82, 2.24) is 5.32 Å². The Bertz CT molecular complexity index is 444. The molecule has 0 spiro atoms. The third kappa shape index (κ3) is 4.59. The number of ketones is 1. The predicted octanol–water partition coefficient (Wildman–Crippen LogP) is 3.37. The van der Waals surface area contributed by atoms with Gasteiger partial charge in [-0.2, -0.15) is 0 Å². The molecule has 1 unspecified atom stereocenters. The second-order valence-corrected chi connectivity index (χ2v) is 5.61. The highest BCUT2D eigenvalue weighted by molar-refractivity contribution is 6.31. The van der Waals surface area contributed by atoms with E-state index in [2.05, 4.69) is 5.32 Å². The van der Waals surface area contributed by atoms with Gasteiger partial charge in [0.25, 0.3) is 0 Å². The molecule has 1 fully saturated rings. The number of piperidine rings is 1. The summed E-state index contributed by atoms with van der Waals surface area (Å²) in [6.07, 6.45) is 4.09. The number of hydrogen-bond acceptors (Lipinski definition) is 2. The van der Waals surface area contributed by atoms with Gasteiger partial charge in [-0.3, -0.25) is 4.79 Å². The van der Waals surface area contributed by atoms with E-state index in [1.807, 2.05) is 0 Å². The van der Waals surface area contributed by atoms with Crippen molar-refractivity contribution in [3.8, 4) is 0 Å². The van der Waals surface area contributed by atoms with Crippen LogP contribution in [0, 0.1) is 11.7 Å². The molecule has 1 aromatic carbocycles. The van der Waals surface area contributed by atoms with Crippen LogP contribution in [0.1, 0.15) is 31.2 Å². The fourth-order valence-corrected chi connectivity index (χ4v) is 2.70. The molecule has 1 aromatic rings. The minimum absolute atomic E-state index is 0.137. The monoisotopic (exact) mass is 283 g/mol. The van der Waals surface area contributed by atoms with E-state index in [0.29, 0.717) is 22.9 Å². The quantitative estimate of drug-likeness (QED) is 0.898. The van der Waals surface area contributed by atoms with Crippen molar-refractivity contribution in [1.29, 1.82) is 0 Å². The molecule has 19 heavy (non-hydrogen) atoms. The Balaban J connectivity index is 1.81. The zero-order chi connectivity index (χ0) is 13.7. The number of nitrogens with one attached hydrogen (secondary N) is 1. The molecule has 0 bridgehead atoms. The Kier molecular flexibility index (Phi) is 5.34. The van der Waals surface area contributed by atoms with Crippen LogP contribution in [0.2, 0.25) is 5.02 Å². The van der Waals surface area contributed by atoms with E-state index in [1.165, 1.54) is 31.0 Å². The Hall–Kier alpha value is -0.930. The molecule has 1 aliphatic rings. The van der Waals surface area contributed by atoms with Gasteiger partial charge in [0.1, 0.15) is 11.6 Å². The predicted molar refractivity (Wildman–Crippen MR) is 74.9 cm³/mol. The summed E-state index contributed by atoms with van der Waals surface area (Å²) in [7, 11) is 0. The van der Waals surface area contributed by atoms with Crippen LogP contribution in [0.4, 0.5) is 4.39 Å². The zero-order valence-corrected chi connectivity index (χ0v) is 11.7. The maximum Gasteiger partial charge on any atom is 0.137 e. The van der Waals surface area contributed by atoms with Gasteiger partial charge in [0.2, 0.25) is 0 Å². The third-order valence-corrected chi connectivity index (χ3v) is 3.99. The van der Waals surface area contributed by atoms with E-state index in [1.54, 1.807) is 0 Å². The molecule has 1 N–H and O–H groups in total. The van der Waals surface area contributed by atoms with E-state index < -0.39 is 0 Å². The zero-order valence-electron chi connectivity index (χ0n) is 10.9. The lowest BCUT2D eigenvalue weighted by molar-refractivity contribution is -0.118. The number of carbonyl (C=O) groups excluding carboxylic acids is 1. The van der Waals surface area contributed by atoms with E-state index >= 15 is 0 Å².